The summed E-state index contributed by atoms with van der Waals surface area (Å²) in [6.07, 6.45) is 0. The number of carbonyl (C=O) groups excluding carboxylic acids is 1. The van der Waals surface area contributed by atoms with Gasteiger partial charge in [0.2, 0.25) is 5.78 Å². The lowest BCUT2D eigenvalue weighted by Gasteiger charge is -2.37. The van der Waals surface area contributed by atoms with Crippen molar-refractivity contribution in [2.24, 2.45) is 0 Å². The van der Waals surface area contributed by atoms with Crippen LogP contribution in [0.3, 0.4) is 0 Å². The molecule has 0 amide bonds. The Hall–Kier alpha value is -2.12. The Morgan fingerprint density at radius 2 is 1.89 bits per heavy atom. The van der Waals surface area contributed by atoms with Crippen LogP contribution in [0.1, 0.15) is 19.4 Å². The fraction of sp³-hybridized carbons (Fsp3) is 0.333. The molecule has 0 bridgehead atoms. The molecule has 1 aromatic rings. The maximum atomic E-state index is 12.1. The summed E-state index contributed by atoms with van der Waals surface area (Å²) in [6.45, 7) is 4.23. The van der Waals surface area contributed by atoms with E-state index in [0.29, 0.717) is 12.2 Å². The maximum Gasteiger partial charge on any atom is 0.250 e. The SMILES string of the molecule is CCOC1=C(c2ccccc2)C(C#N)(OCC)C1=O. The standard InChI is InChI=1S/C15H15NO3/c1-3-18-13-12(11-8-6-5-7-9-11)15(10-16,14(13)17)19-4-2/h5-9H,3-4H2,1-2H3. The third-order valence-electron chi connectivity index (χ3n) is 2.97. The lowest BCUT2D eigenvalue weighted by Crippen LogP contribution is -2.51. The number of Topliss-reactive ketones (excluding diaryl/α,β-unsaturated/α-hetero) is 1. The van der Waals surface area contributed by atoms with Gasteiger partial charge >= 0.3 is 0 Å². The van der Waals surface area contributed by atoms with Crippen molar-refractivity contribution >= 4 is 11.4 Å². The highest BCUT2D eigenvalue weighted by Crippen LogP contribution is 2.45. The van der Waals surface area contributed by atoms with Gasteiger partial charge in [-0.15, -0.1) is 0 Å². The molecule has 4 nitrogen and oxygen atoms in total. The fourth-order valence-corrected chi connectivity index (χ4v) is 2.20. The predicted molar refractivity (Wildman–Crippen MR) is 70.0 cm³/mol. The van der Waals surface area contributed by atoms with Gasteiger partial charge in [0.15, 0.2) is 5.76 Å². The van der Waals surface area contributed by atoms with Gasteiger partial charge in [-0.1, -0.05) is 30.3 Å². The second-order valence-corrected chi connectivity index (χ2v) is 4.06. The summed E-state index contributed by atoms with van der Waals surface area (Å²) >= 11 is 0. The second kappa shape index (κ2) is 5.25. The molecule has 4 heteroatoms. The largest absolute Gasteiger partial charge is 0.489 e. The number of nitrogens with zero attached hydrogens (tertiary/aromatic N) is 1. The van der Waals surface area contributed by atoms with Crippen molar-refractivity contribution in [3.63, 3.8) is 0 Å². The average Bonchev–Trinajstić information content (AvgIpc) is 2.46. The zero-order valence-electron chi connectivity index (χ0n) is 11.0. The van der Waals surface area contributed by atoms with E-state index in [4.69, 9.17) is 9.47 Å². The van der Waals surface area contributed by atoms with Gasteiger partial charge in [0, 0.05) is 6.61 Å². The number of hydrogen-bond donors (Lipinski definition) is 0. The minimum atomic E-state index is -1.51. The Balaban J connectivity index is 2.55. The van der Waals surface area contributed by atoms with Crippen LogP contribution in [0.2, 0.25) is 0 Å². The highest BCUT2D eigenvalue weighted by molar-refractivity contribution is 6.25. The summed E-state index contributed by atoms with van der Waals surface area (Å²) in [5, 5.41) is 9.37. The Bertz CT molecular complexity index is 557. The zero-order valence-corrected chi connectivity index (χ0v) is 11.0. The van der Waals surface area contributed by atoms with Crippen LogP contribution in [0.15, 0.2) is 36.1 Å². The Labute approximate surface area is 112 Å². The third-order valence-corrected chi connectivity index (χ3v) is 2.97. The van der Waals surface area contributed by atoms with E-state index in [2.05, 4.69) is 0 Å². The fourth-order valence-electron chi connectivity index (χ4n) is 2.20. The molecular weight excluding hydrogens is 242 g/mol. The average molecular weight is 257 g/mol. The number of carbonyl (C=O) groups is 1. The second-order valence-electron chi connectivity index (χ2n) is 4.06. The van der Waals surface area contributed by atoms with E-state index in [-0.39, 0.29) is 12.4 Å². The molecular formula is C15H15NO3. The quantitative estimate of drug-likeness (QED) is 0.812. The Morgan fingerprint density at radius 3 is 2.42 bits per heavy atom. The monoisotopic (exact) mass is 257 g/mol. The van der Waals surface area contributed by atoms with E-state index in [9.17, 15) is 10.1 Å². The Kier molecular flexibility index (Phi) is 3.68. The van der Waals surface area contributed by atoms with E-state index < -0.39 is 11.4 Å². The molecule has 1 aromatic carbocycles. The first-order valence-electron chi connectivity index (χ1n) is 6.24. The number of ketones is 1. The molecule has 19 heavy (non-hydrogen) atoms. The molecule has 0 N–H and O–H groups in total. The maximum absolute atomic E-state index is 12.1. The van der Waals surface area contributed by atoms with Gasteiger partial charge in [0.05, 0.1) is 12.2 Å². The normalized spacial score (nSPS) is 21.8. The summed E-state index contributed by atoms with van der Waals surface area (Å²) in [4.78, 5) is 12.1. The van der Waals surface area contributed by atoms with Gasteiger partial charge in [-0.05, 0) is 19.4 Å². The summed E-state index contributed by atoms with van der Waals surface area (Å²) in [7, 11) is 0. The highest BCUT2D eigenvalue weighted by Gasteiger charge is 2.58. The molecule has 98 valence electrons. The van der Waals surface area contributed by atoms with Crippen molar-refractivity contribution in [2.75, 3.05) is 13.2 Å². The first-order valence-corrected chi connectivity index (χ1v) is 6.24. The summed E-state index contributed by atoms with van der Waals surface area (Å²) in [6, 6.07) is 11.2. The molecule has 0 heterocycles. The van der Waals surface area contributed by atoms with Crippen molar-refractivity contribution in [1.82, 2.24) is 0 Å². The van der Waals surface area contributed by atoms with Gasteiger partial charge in [0.25, 0.3) is 5.60 Å². The molecule has 0 spiro atoms. The minimum Gasteiger partial charge on any atom is -0.489 e. The van der Waals surface area contributed by atoms with E-state index in [1.165, 1.54) is 0 Å². The van der Waals surface area contributed by atoms with Gasteiger partial charge < -0.3 is 9.47 Å². The highest BCUT2D eigenvalue weighted by atomic mass is 16.5. The molecule has 1 atom stereocenters. The van der Waals surface area contributed by atoms with E-state index in [1.54, 1.807) is 13.8 Å². The van der Waals surface area contributed by atoms with Crippen molar-refractivity contribution in [3.05, 3.63) is 41.7 Å². The lowest BCUT2D eigenvalue weighted by molar-refractivity contribution is -0.135. The van der Waals surface area contributed by atoms with Crippen LogP contribution in [-0.4, -0.2) is 24.6 Å². The minimum absolute atomic E-state index is 0.240. The molecule has 1 aliphatic carbocycles. The van der Waals surface area contributed by atoms with Gasteiger partial charge in [-0.3, -0.25) is 4.79 Å². The zero-order chi connectivity index (χ0) is 13.9. The predicted octanol–water partition coefficient (Wildman–Crippen LogP) is 2.32. The van der Waals surface area contributed by atoms with Crippen LogP contribution >= 0.6 is 0 Å². The number of nitriles is 1. The van der Waals surface area contributed by atoms with Crippen LogP contribution in [0.4, 0.5) is 0 Å². The van der Waals surface area contributed by atoms with Crippen LogP contribution < -0.4 is 0 Å². The summed E-state index contributed by atoms with van der Waals surface area (Å²) < 4.78 is 10.8. The van der Waals surface area contributed by atoms with Crippen molar-refractivity contribution < 1.29 is 14.3 Å². The summed E-state index contributed by atoms with van der Waals surface area (Å²) in [5.74, 6) is -0.152. The third kappa shape index (κ3) is 1.92. The molecule has 0 aliphatic heterocycles. The molecule has 0 fully saturated rings. The van der Waals surface area contributed by atoms with E-state index in [0.717, 1.165) is 5.56 Å². The Morgan fingerprint density at radius 1 is 1.21 bits per heavy atom. The smallest absolute Gasteiger partial charge is 0.250 e. The molecule has 1 aliphatic rings. The first kappa shape index (κ1) is 13.3. The van der Waals surface area contributed by atoms with E-state index >= 15 is 0 Å². The molecule has 2 rings (SSSR count). The molecule has 0 aromatic heterocycles. The number of hydrogen-bond acceptors (Lipinski definition) is 4. The summed E-state index contributed by atoms with van der Waals surface area (Å²) in [5.41, 5.74) is -0.203. The van der Waals surface area contributed by atoms with Crippen molar-refractivity contribution in [1.29, 1.82) is 5.26 Å². The molecule has 1 unspecified atom stereocenters. The van der Waals surface area contributed by atoms with Crippen LogP contribution in [0, 0.1) is 11.3 Å². The van der Waals surface area contributed by atoms with Crippen LogP contribution in [0.25, 0.3) is 5.57 Å². The van der Waals surface area contributed by atoms with Gasteiger partial charge in [-0.2, -0.15) is 5.26 Å². The van der Waals surface area contributed by atoms with Crippen LogP contribution in [0.5, 0.6) is 0 Å². The molecule has 0 saturated heterocycles. The lowest BCUT2D eigenvalue weighted by atomic mass is 9.73. The molecule has 0 saturated carbocycles. The number of benzene rings is 1. The van der Waals surface area contributed by atoms with E-state index in [1.807, 2.05) is 36.4 Å². The number of ether oxygens (including phenoxy) is 2. The van der Waals surface area contributed by atoms with Gasteiger partial charge in [0.1, 0.15) is 6.07 Å². The van der Waals surface area contributed by atoms with Crippen molar-refractivity contribution in [2.45, 2.75) is 19.4 Å². The topological polar surface area (TPSA) is 59.3 Å². The van der Waals surface area contributed by atoms with Crippen LogP contribution in [-0.2, 0) is 14.3 Å². The number of rotatable bonds is 5. The molecule has 0 radical (unpaired) electrons. The first-order chi connectivity index (χ1) is 9.21. The van der Waals surface area contributed by atoms with Crippen molar-refractivity contribution in [3.8, 4) is 6.07 Å². The van der Waals surface area contributed by atoms with Gasteiger partial charge in [-0.25, -0.2) is 0 Å².